The minimum absolute atomic E-state index is 0.0560. The van der Waals surface area contributed by atoms with Gasteiger partial charge < -0.3 is 5.73 Å². The molecule has 0 heterocycles. The number of hydrogen-bond acceptors (Lipinski definition) is 4. The number of hydrogen-bond donors (Lipinski definition) is 2. The predicted molar refractivity (Wildman–Crippen MR) is 86.9 cm³/mol. The van der Waals surface area contributed by atoms with Crippen molar-refractivity contribution in [1.82, 2.24) is 0 Å². The molecule has 0 fully saturated rings. The van der Waals surface area contributed by atoms with Crippen LogP contribution in [0, 0.1) is 0 Å². The van der Waals surface area contributed by atoms with Crippen LogP contribution in [0.5, 0.6) is 0 Å². The number of primary sulfonamides is 1. The van der Waals surface area contributed by atoms with Crippen molar-refractivity contribution >= 4 is 27.5 Å². The van der Waals surface area contributed by atoms with Crippen LogP contribution in [0.2, 0.25) is 0 Å². The van der Waals surface area contributed by atoms with E-state index >= 15 is 0 Å². The van der Waals surface area contributed by atoms with E-state index in [9.17, 15) is 8.42 Å². The summed E-state index contributed by atoms with van der Waals surface area (Å²) in [6.45, 7) is 4.25. The van der Waals surface area contributed by atoms with E-state index in [1.807, 2.05) is 24.3 Å². The Labute approximate surface area is 129 Å². The highest BCUT2D eigenvalue weighted by Gasteiger charge is 2.15. The van der Waals surface area contributed by atoms with Gasteiger partial charge in [-0.25, -0.2) is 13.6 Å². The van der Waals surface area contributed by atoms with E-state index in [0.29, 0.717) is 16.5 Å². The van der Waals surface area contributed by atoms with Gasteiger partial charge in [0.1, 0.15) is 0 Å². The third kappa shape index (κ3) is 4.00. The van der Waals surface area contributed by atoms with Crippen LogP contribution in [-0.4, -0.2) is 8.42 Å². The number of sulfonamides is 1. The summed E-state index contributed by atoms with van der Waals surface area (Å²) in [5.41, 5.74) is 7.25. The fraction of sp³-hybridized carbons (Fsp3) is 0.200. The van der Waals surface area contributed by atoms with Crippen molar-refractivity contribution < 1.29 is 8.42 Å². The first-order chi connectivity index (χ1) is 9.77. The summed E-state index contributed by atoms with van der Waals surface area (Å²) in [5.74, 6) is 0.459. The van der Waals surface area contributed by atoms with Gasteiger partial charge in [-0.05, 0) is 41.8 Å². The molecule has 0 saturated carbocycles. The zero-order valence-electron chi connectivity index (χ0n) is 11.9. The highest BCUT2D eigenvalue weighted by atomic mass is 32.2. The highest BCUT2D eigenvalue weighted by Crippen LogP contribution is 2.34. The summed E-state index contributed by atoms with van der Waals surface area (Å²) >= 11 is 1.36. The standard InChI is InChI=1S/C15H18N2O2S2/c1-10(2)11-3-6-13(7-4-11)20-14-8-5-12(16)9-15(14)21(17,18)19/h3-10H,16H2,1-2H3,(H2,17,18,19). The zero-order valence-corrected chi connectivity index (χ0v) is 13.5. The Morgan fingerprint density at radius 1 is 1.05 bits per heavy atom. The molecule has 0 aliphatic carbocycles. The first-order valence-electron chi connectivity index (χ1n) is 6.47. The Morgan fingerprint density at radius 2 is 1.67 bits per heavy atom. The largest absolute Gasteiger partial charge is 0.399 e. The molecule has 0 amide bonds. The van der Waals surface area contributed by atoms with Crippen LogP contribution in [0.1, 0.15) is 25.3 Å². The Morgan fingerprint density at radius 3 is 2.19 bits per heavy atom. The molecular weight excluding hydrogens is 304 g/mol. The van der Waals surface area contributed by atoms with Gasteiger partial charge in [0.25, 0.3) is 0 Å². The lowest BCUT2D eigenvalue weighted by atomic mass is 10.0. The minimum Gasteiger partial charge on any atom is -0.399 e. The van der Waals surface area contributed by atoms with Crippen LogP contribution < -0.4 is 10.9 Å². The second kappa shape index (κ2) is 6.09. The second-order valence-corrected chi connectivity index (χ2v) is 7.72. The molecule has 2 aromatic carbocycles. The van der Waals surface area contributed by atoms with Crippen molar-refractivity contribution in [1.29, 1.82) is 0 Å². The number of nitrogen functional groups attached to an aromatic ring is 1. The molecule has 4 nitrogen and oxygen atoms in total. The maximum atomic E-state index is 11.6. The van der Waals surface area contributed by atoms with E-state index in [-0.39, 0.29) is 4.90 Å². The molecule has 6 heteroatoms. The third-order valence-electron chi connectivity index (χ3n) is 3.05. The molecule has 0 saturated heterocycles. The monoisotopic (exact) mass is 322 g/mol. The van der Waals surface area contributed by atoms with Crippen molar-refractivity contribution in [2.24, 2.45) is 5.14 Å². The topological polar surface area (TPSA) is 86.2 Å². The van der Waals surface area contributed by atoms with Gasteiger partial charge >= 0.3 is 0 Å². The van der Waals surface area contributed by atoms with Crippen LogP contribution in [0.3, 0.4) is 0 Å². The van der Waals surface area contributed by atoms with E-state index < -0.39 is 10.0 Å². The van der Waals surface area contributed by atoms with E-state index in [1.165, 1.54) is 23.4 Å². The Kier molecular flexibility index (Phi) is 4.61. The quantitative estimate of drug-likeness (QED) is 0.846. The normalized spacial score (nSPS) is 11.8. The van der Waals surface area contributed by atoms with Crippen LogP contribution >= 0.6 is 11.8 Å². The van der Waals surface area contributed by atoms with Crippen molar-refractivity contribution in [2.45, 2.75) is 34.5 Å². The number of benzene rings is 2. The smallest absolute Gasteiger partial charge is 0.239 e. The Bertz CT molecular complexity index is 739. The van der Waals surface area contributed by atoms with Crippen molar-refractivity contribution in [2.75, 3.05) is 5.73 Å². The summed E-state index contributed by atoms with van der Waals surface area (Å²) in [5, 5.41) is 5.25. The van der Waals surface area contributed by atoms with Crippen LogP contribution in [0.25, 0.3) is 0 Å². The molecule has 2 rings (SSSR count). The van der Waals surface area contributed by atoms with Gasteiger partial charge in [-0.2, -0.15) is 0 Å². The molecule has 21 heavy (non-hydrogen) atoms. The average Bonchev–Trinajstić information content (AvgIpc) is 2.40. The molecule has 0 atom stereocenters. The van der Waals surface area contributed by atoms with E-state index in [0.717, 1.165) is 4.90 Å². The molecule has 2 aromatic rings. The van der Waals surface area contributed by atoms with Crippen LogP contribution in [0.4, 0.5) is 5.69 Å². The Balaban J connectivity index is 2.35. The minimum atomic E-state index is -3.80. The van der Waals surface area contributed by atoms with Crippen molar-refractivity contribution in [3.8, 4) is 0 Å². The van der Waals surface area contributed by atoms with Crippen LogP contribution in [0.15, 0.2) is 57.2 Å². The first kappa shape index (κ1) is 15.9. The van der Waals surface area contributed by atoms with Gasteiger partial charge in [-0.1, -0.05) is 37.7 Å². The fourth-order valence-corrected chi connectivity index (χ4v) is 3.82. The summed E-state index contributed by atoms with van der Waals surface area (Å²) < 4.78 is 23.3. The average molecular weight is 322 g/mol. The summed E-state index contributed by atoms with van der Waals surface area (Å²) in [6, 6.07) is 12.8. The van der Waals surface area contributed by atoms with Gasteiger partial charge in [-0.3, -0.25) is 0 Å². The molecule has 0 spiro atoms. The van der Waals surface area contributed by atoms with E-state index in [1.54, 1.807) is 12.1 Å². The van der Waals surface area contributed by atoms with E-state index in [2.05, 4.69) is 13.8 Å². The first-order valence-corrected chi connectivity index (χ1v) is 8.84. The maximum Gasteiger partial charge on any atom is 0.239 e. The fourth-order valence-electron chi connectivity index (χ4n) is 1.88. The lowest BCUT2D eigenvalue weighted by Gasteiger charge is -2.10. The molecule has 0 unspecified atom stereocenters. The maximum absolute atomic E-state index is 11.6. The molecule has 0 bridgehead atoms. The summed E-state index contributed by atoms with van der Waals surface area (Å²) in [4.78, 5) is 1.58. The lowest BCUT2D eigenvalue weighted by molar-refractivity contribution is 0.596. The molecule has 0 aliphatic rings. The number of rotatable bonds is 4. The molecule has 112 valence electrons. The van der Waals surface area contributed by atoms with E-state index in [4.69, 9.17) is 10.9 Å². The zero-order chi connectivity index (χ0) is 15.6. The van der Waals surface area contributed by atoms with Gasteiger partial charge in [-0.15, -0.1) is 0 Å². The summed E-state index contributed by atoms with van der Waals surface area (Å²) in [7, 11) is -3.80. The van der Waals surface area contributed by atoms with Crippen molar-refractivity contribution in [3.05, 3.63) is 48.0 Å². The molecule has 0 radical (unpaired) electrons. The number of nitrogens with two attached hydrogens (primary N) is 2. The molecular formula is C15H18N2O2S2. The molecule has 0 aromatic heterocycles. The predicted octanol–water partition coefficient (Wildman–Crippen LogP) is 3.19. The third-order valence-corrected chi connectivity index (χ3v) is 5.21. The number of anilines is 1. The Hall–Kier alpha value is -1.50. The highest BCUT2D eigenvalue weighted by molar-refractivity contribution is 8.00. The second-order valence-electron chi connectivity index (χ2n) is 5.08. The lowest BCUT2D eigenvalue weighted by Crippen LogP contribution is -2.13. The molecule has 0 aliphatic heterocycles. The van der Waals surface area contributed by atoms with Gasteiger partial charge in [0, 0.05) is 15.5 Å². The molecule has 4 N–H and O–H groups in total. The summed E-state index contributed by atoms with van der Waals surface area (Å²) in [6.07, 6.45) is 0. The van der Waals surface area contributed by atoms with Gasteiger partial charge in [0.2, 0.25) is 10.0 Å². The van der Waals surface area contributed by atoms with Crippen LogP contribution in [-0.2, 0) is 10.0 Å². The van der Waals surface area contributed by atoms with Gasteiger partial charge in [0.15, 0.2) is 0 Å². The van der Waals surface area contributed by atoms with Gasteiger partial charge in [0.05, 0.1) is 4.90 Å². The SMILES string of the molecule is CC(C)c1ccc(Sc2ccc(N)cc2S(N)(=O)=O)cc1. The van der Waals surface area contributed by atoms with Crippen molar-refractivity contribution in [3.63, 3.8) is 0 Å².